The smallest absolute Gasteiger partial charge is 0.355 e. The summed E-state index contributed by atoms with van der Waals surface area (Å²) in [6, 6.07) is 3.61. The Hall–Kier alpha value is -2.05. The van der Waals surface area contributed by atoms with Crippen molar-refractivity contribution in [1.82, 2.24) is 0 Å². The standard InChI is InChI=1S/C17H15BrClNO4/c1-10-8-11(18)9-13(14(10)19)20-7-5-4-6-12(16(21)23-2)15(20)17(22)24-3/h4-9H,1-3H3. The molecule has 0 saturated carbocycles. The van der Waals surface area contributed by atoms with E-state index in [2.05, 4.69) is 15.9 Å². The summed E-state index contributed by atoms with van der Waals surface area (Å²) in [6.07, 6.45) is 6.44. The summed E-state index contributed by atoms with van der Waals surface area (Å²) < 4.78 is 10.4. The van der Waals surface area contributed by atoms with Gasteiger partial charge in [0.05, 0.1) is 30.5 Å². The first-order valence-corrected chi connectivity index (χ1v) is 8.08. The normalized spacial score (nSPS) is 13.8. The molecule has 1 aromatic rings. The molecule has 0 radical (unpaired) electrons. The summed E-state index contributed by atoms with van der Waals surface area (Å²) in [4.78, 5) is 26.0. The molecule has 2 rings (SSSR count). The third-order valence-corrected chi connectivity index (χ3v) is 4.30. The number of benzene rings is 1. The molecule has 24 heavy (non-hydrogen) atoms. The highest BCUT2D eigenvalue weighted by atomic mass is 79.9. The average molecular weight is 413 g/mol. The number of aryl methyl sites for hydroxylation is 1. The maximum absolute atomic E-state index is 12.4. The third-order valence-electron chi connectivity index (χ3n) is 3.35. The highest BCUT2D eigenvalue weighted by Gasteiger charge is 2.28. The topological polar surface area (TPSA) is 55.8 Å². The molecular weight excluding hydrogens is 398 g/mol. The summed E-state index contributed by atoms with van der Waals surface area (Å²) in [5.74, 6) is -1.33. The highest BCUT2D eigenvalue weighted by molar-refractivity contribution is 9.10. The van der Waals surface area contributed by atoms with Crippen molar-refractivity contribution < 1.29 is 19.1 Å². The van der Waals surface area contributed by atoms with Crippen LogP contribution < -0.4 is 4.90 Å². The number of carbonyl (C=O) groups is 2. The van der Waals surface area contributed by atoms with Gasteiger partial charge >= 0.3 is 11.9 Å². The number of anilines is 1. The fraction of sp³-hybridized carbons (Fsp3) is 0.176. The molecule has 0 aliphatic carbocycles. The van der Waals surface area contributed by atoms with Crippen LogP contribution in [0.3, 0.4) is 0 Å². The summed E-state index contributed by atoms with van der Waals surface area (Å²) in [6.45, 7) is 1.85. The second kappa shape index (κ2) is 7.68. The monoisotopic (exact) mass is 411 g/mol. The van der Waals surface area contributed by atoms with Gasteiger partial charge in [-0.1, -0.05) is 33.6 Å². The molecule has 0 N–H and O–H groups in total. The van der Waals surface area contributed by atoms with Crippen LogP contribution in [0.5, 0.6) is 0 Å². The van der Waals surface area contributed by atoms with Crippen molar-refractivity contribution in [3.05, 3.63) is 62.9 Å². The zero-order chi connectivity index (χ0) is 17.9. The fourth-order valence-corrected chi connectivity index (χ4v) is 2.99. The molecule has 1 aliphatic rings. The summed E-state index contributed by atoms with van der Waals surface area (Å²) in [5.41, 5.74) is 1.44. The Morgan fingerprint density at radius 3 is 2.42 bits per heavy atom. The molecule has 7 heteroatoms. The first-order chi connectivity index (χ1) is 11.4. The van der Waals surface area contributed by atoms with Crippen molar-refractivity contribution in [2.24, 2.45) is 0 Å². The zero-order valence-electron chi connectivity index (χ0n) is 13.3. The lowest BCUT2D eigenvalue weighted by Gasteiger charge is -2.25. The number of allylic oxidation sites excluding steroid dienone is 2. The molecule has 0 bridgehead atoms. The number of hydrogen-bond donors (Lipinski definition) is 0. The number of rotatable bonds is 3. The molecular formula is C17H15BrClNO4. The van der Waals surface area contributed by atoms with Gasteiger partial charge in [0.15, 0.2) is 0 Å². The maximum Gasteiger partial charge on any atom is 0.355 e. The van der Waals surface area contributed by atoms with E-state index in [1.54, 1.807) is 24.4 Å². The second-order valence-electron chi connectivity index (χ2n) is 4.87. The Kier molecular flexibility index (Phi) is 5.85. The number of methoxy groups -OCH3 is 2. The molecule has 0 atom stereocenters. The van der Waals surface area contributed by atoms with Crippen LogP contribution in [0.15, 0.2) is 52.3 Å². The van der Waals surface area contributed by atoms with Crippen LogP contribution in [0, 0.1) is 6.92 Å². The van der Waals surface area contributed by atoms with Crippen LogP contribution in [0.25, 0.3) is 0 Å². The minimum Gasteiger partial charge on any atom is -0.465 e. The predicted molar refractivity (Wildman–Crippen MR) is 95.7 cm³/mol. The van der Waals surface area contributed by atoms with Gasteiger partial charge in [-0.15, -0.1) is 0 Å². The third kappa shape index (κ3) is 3.55. The van der Waals surface area contributed by atoms with Gasteiger partial charge in [0.1, 0.15) is 5.70 Å². The van der Waals surface area contributed by atoms with Gasteiger partial charge in [-0.25, -0.2) is 9.59 Å². The number of hydrogen-bond acceptors (Lipinski definition) is 5. The number of ether oxygens (including phenoxy) is 2. The Morgan fingerprint density at radius 1 is 1.12 bits per heavy atom. The van der Waals surface area contributed by atoms with E-state index in [1.807, 2.05) is 13.0 Å². The van der Waals surface area contributed by atoms with Crippen molar-refractivity contribution in [3.63, 3.8) is 0 Å². The lowest BCUT2D eigenvalue weighted by Crippen LogP contribution is -2.27. The van der Waals surface area contributed by atoms with Gasteiger partial charge in [0.2, 0.25) is 0 Å². The van der Waals surface area contributed by atoms with Crippen molar-refractivity contribution in [2.45, 2.75) is 6.92 Å². The molecule has 1 aromatic carbocycles. The van der Waals surface area contributed by atoms with Gasteiger partial charge in [0.25, 0.3) is 0 Å². The van der Waals surface area contributed by atoms with Crippen LogP contribution >= 0.6 is 27.5 Å². The van der Waals surface area contributed by atoms with Crippen LogP contribution in [0.4, 0.5) is 5.69 Å². The number of carbonyl (C=O) groups excluding carboxylic acids is 2. The molecule has 0 amide bonds. The number of esters is 2. The van der Waals surface area contributed by atoms with Gasteiger partial charge in [-0.05, 0) is 36.8 Å². The fourth-order valence-electron chi connectivity index (χ4n) is 2.23. The van der Waals surface area contributed by atoms with E-state index < -0.39 is 11.9 Å². The molecule has 1 aliphatic heterocycles. The minimum absolute atomic E-state index is 0.0220. The van der Waals surface area contributed by atoms with Crippen molar-refractivity contribution in [3.8, 4) is 0 Å². The molecule has 0 spiro atoms. The molecule has 0 fully saturated rings. The predicted octanol–water partition coefficient (Wildman–Crippen LogP) is 3.90. The second-order valence-corrected chi connectivity index (χ2v) is 6.17. The van der Waals surface area contributed by atoms with Crippen molar-refractivity contribution in [2.75, 3.05) is 19.1 Å². The van der Waals surface area contributed by atoms with Crippen molar-refractivity contribution >= 4 is 45.2 Å². The largest absolute Gasteiger partial charge is 0.465 e. The lowest BCUT2D eigenvalue weighted by atomic mass is 10.1. The van der Waals surface area contributed by atoms with E-state index in [-0.39, 0.29) is 11.3 Å². The quantitative estimate of drug-likeness (QED) is 0.705. The molecule has 0 saturated heterocycles. The highest BCUT2D eigenvalue weighted by Crippen LogP contribution is 2.36. The molecule has 0 aromatic heterocycles. The van der Waals surface area contributed by atoms with Gasteiger partial charge in [-0.3, -0.25) is 0 Å². The van der Waals surface area contributed by atoms with E-state index in [0.717, 1.165) is 10.0 Å². The van der Waals surface area contributed by atoms with Gasteiger partial charge in [-0.2, -0.15) is 0 Å². The molecule has 1 heterocycles. The minimum atomic E-state index is -0.680. The lowest BCUT2D eigenvalue weighted by molar-refractivity contribution is -0.139. The van der Waals surface area contributed by atoms with Crippen molar-refractivity contribution in [1.29, 1.82) is 0 Å². The Balaban J connectivity index is 2.75. The van der Waals surface area contributed by atoms with E-state index >= 15 is 0 Å². The molecule has 0 unspecified atom stereocenters. The Morgan fingerprint density at radius 2 is 1.79 bits per heavy atom. The van der Waals surface area contributed by atoms with Gasteiger partial charge in [0, 0.05) is 10.7 Å². The number of halogens is 2. The molecule has 126 valence electrons. The van der Waals surface area contributed by atoms with E-state index in [0.29, 0.717) is 10.7 Å². The van der Waals surface area contributed by atoms with E-state index in [4.69, 9.17) is 21.1 Å². The summed E-state index contributed by atoms with van der Waals surface area (Å²) >= 11 is 9.83. The molecule has 5 nitrogen and oxygen atoms in total. The first kappa shape index (κ1) is 18.3. The van der Waals surface area contributed by atoms with E-state index in [9.17, 15) is 9.59 Å². The first-order valence-electron chi connectivity index (χ1n) is 6.91. The number of nitrogens with zero attached hydrogens (tertiary/aromatic N) is 1. The van der Waals surface area contributed by atoms with E-state index in [1.165, 1.54) is 25.2 Å². The summed E-state index contributed by atoms with van der Waals surface area (Å²) in [7, 11) is 2.49. The maximum atomic E-state index is 12.4. The van der Waals surface area contributed by atoms with Crippen LogP contribution in [0.2, 0.25) is 5.02 Å². The Labute approximate surface area is 153 Å². The SMILES string of the molecule is COC(=O)C1=C(C(=O)OC)N(c2cc(Br)cc(C)c2Cl)C=CC=C1. The van der Waals surface area contributed by atoms with Crippen LogP contribution in [0.1, 0.15) is 5.56 Å². The Bertz CT molecular complexity index is 783. The summed E-state index contributed by atoms with van der Waals surface area (Å²) in [5, 5.41) is 0.454. The van der Waals surface area contributed by atoms with Crippen LogP contribution in [-0.2, 0) is 19.1 Å². The zero-order valence-corrected chi connectivity index (χ0v) is 15.6. The average Bonchev–Trinajstić information content (AvgIpc) is 2.79. The van der Waals surface area contributed by atoms with Crippen LogP contribution in [-0.4, -0.2) is 26.2 Å². The van der Waals surface area contributed by atoms with Gasteiger partial charge < -0.3 is 14.4 Å².